The summed E-state index contributed by atoms with van der Waals surface area (Å²) in [6, 6.07) is 2.62. The number of esters is 1. The fourth-order valence-corrected chi connectivity index (χ4v) is 1.60. The molecule has 0 unspecified atom stereocenters. The van der Waals surface area contributed by atoms with E-state index in [4.69, 9.17) is 4.74 Å². The summed E-state index contributed by atoms with van der Waals surface area (Å²) in [7, 11) is 0. The highest BCUT2D eigenvalue weighted by Crippen LogP contribution is 2.39. The number of rotatable bonds is 0. The van der Waals surface area contributed by atoms with E-state index in [1.165, 1.54) is 12.1 Å². The number of carbonyl (C=O) groups is 1. The number of hydrogen-bond donors (Lipinski definition) is 3. The van der Waals surface area contributed by atoms with Crippen LogP contribution in [-0.4, -0.2) is 27.4 Å². The summed E-state index contributed by atoms with van der Waals surface area (Å²) in [4.78, 5) is 11.4. The van der Waals surface area contributed by atoms with Gasteiger partial charge in [0.2, 0.25) is 0 Å². The van der Waals surface area contributed by atoms with Gasteiger partial charge in [-0.15, -0.1) is 0 Å². The minimum atomic E-state index is -0.982. The molecular formula is C10H10O5. The second-order valence-electron chi connectivity index (χ2n) is 3.45. The number of carbonyl (C=O) groups excluding carboxylic acids is 1. The normalized spacial score (nSPS) is 24.5. The molecule has 0 radical (unpaired) electrons. The van der Waals surface area contributed by atoms with Crippen LogP contribution in [-0.2, 0) is 4.74 Å². The fraction of sp³-hybridized carbons (Fsp3) is 0.300. The van der Waals surface area contributed by atoms with Crippen LogP contribution in [0.3, 0.4) is 0 Å². The highest BCUT2D eigenvalue weighted by molar-refractivity contribution is 5.96. The third-order valence-corrected chi connectivity index (χ3v) is 2.45. The maximum Gasteiger partial charge on any atom is 0.342 e. The minimum absolute atomic E-state index is 0.166. The van der Waals surface area contributed by atoms with Crippen LogP contribution in [0.15, 0.2) is 12.1 Å². The van der Waals surface area contributed by atoms with Gasteiger partial charge in [0.1, 0.15) is 17.8 Å². The lowest BCUT2D eigenvalue weighted by molar-refractivity contribution is -0.0217. The van der Waals surface area contributed by atoms with Crippen molar-refractivity contribution in [3.8, 4) is 11.5 Å². The van der Waals surface area contributed by atoms with E-state index >= 15 is 0 Å². The lowest BCUT2D eigenvalue weighted by atomic mass is 9.95. The topological polar surface area (TPSA) is 87.0 Å². The van der Waals surface area contributed by atoms with Crippen molar-refractivity contribution in [1.82, 2.24) is 0 Å². The molecular weight excluding hydrogens is 200 g/mol. The molecule has 1 aromatic rings. The van der Waals surface area contributed by atoms with Crippen LogP contribution in [0.4, 0.5) is 0 Å². The number of aliphatic hydroxyl groups is 1. The number of benzene rings is 1. The van der Waals surface area contributed by atoms with E-state index in [1.807, 2.05) is 0 Å². The van der Waals surface area contributed by atoms with Gasteiger partial charge in [-0.25, -0.2) is 4.79 Å². The first-order chi connectivity index (χ1) is 7.02. The summed E-state index contributed by atoms with van der Waals surface area (Å²) in [6.45, 7) is 1.55. The summed E-state index contributed by atoms with van der Waals surface area (Å²) in [5.74, 6) is -1.70. The first kappa shape index (κ1) is 9.79. The molecule has 1 aromatic carbocycles. The zero-order chi connectivity index (χ0) is 11.2. The Labute approximate surface area is 85.5 Å². The molecule has 0 spiro atoms. The molecule has 5 nitrogen and oxygen atoms in total. The van der Waals surface area contributed by atoms with Crippen LogP contribution in [0.2, 0.25) is 0 Å². The molecule has 0 saturated carbocycles. The molecule has 0 aromatic heterocycles. The number of fused-ring (bicyclic) bond motifs is 1. The first-order valence-corrected chi connectivity index (χ1v) is 4.46. The SMILES string of the molecule is C[C@@H]1OC(=O)c2c(ccc(O)c2O)[C@H]1O. The molecule has 3 N–H and O–H groups in total. The van der Waals surface area contributed by atoms with E-state index < -0.39 is 29.7 Å². The van der Waals surface area contributed by atoms with Gasteiger partial charge in [0.25, 0.3) is 0 Å². The average Bonchev–Trinajstić information content (AvgIpc) is 2.18. The second-order valence-corrected chi connectivity index (χ2v) is 3.45. The third-order valence-electron chi connectivity index (χ3n) is 2.45. The van der Waals surface area contributed by atoms with E-state index in [-0.39, 0.29) is 11.1 Å². The molecule has 1 aliphatic rings. The van der Waals surface area contributed by atoms with E-state index in [1.54, 1.807) is 6.92 Å². The highest BCUT2D eigenvalue weighted by atomic mass is 16.6. The average molecular weight is 210 g/mol. The number of phenols is 2. The summed E-state index contributed by atoms with van der Waals surface area (Å²) in [5.41, 5.74) is 0.106. The van der Waals surface area contributed by atoms with Gasteiger partial charge in [-0.3, -0.25) is 0 Å². The molecule has 1 heterocycles. The first-order valence-electron chi connectivity index (χ1n) is 4.46. The number of aliphatic hydroxyl groups excluding tert-OH is 1. The summed E-state index contributed by atoms with van der Waals surface area (Å²) >= 11 is 0. The lowest BCUT2D eigenvalue weighted by Crippen LogP contribution is -2.29. The number of hydrogen-bond acceptors (Lipinski definition) is 5. The van der Waals surface area contributed by atoms with Crippen molar-refractivity contribution < 1.29 is 24.9 Å². The smallest absolute Gasteiger partial charge is 0.342 e. The predicted octanol–water partition coefficient (Wildman–Crippen LogP) is 0.690. The highest BCUT2D eigenvalue weighted by Gasteiger charge is 2.34. The van der Waals surface area contributed by atoms with Gasteiger partial charge in [-0.2, -0.15) is 0 Å². The molecule has 0 bridgehead atoms. The van der Waals surface area contributed by atoms with Crippen LogP contribution in [0.25, 0.3) is 0 Å². The van der Waals surface area contributed by atoms with Crippen LogP contribution in [0, 0.1) is 0 Å². The molecule has 5 heteroatoms. The van der Waals surface area contributed by atoms with Crippen LogP contribution < -0.4 is 0 Å². The Morgan fingerprint density at radius 3 is 2.67 bits per heavy atom. The lowest BCUT2D eigenvalue weighted by Gasteiger charge is -2.27. The molecule has 0 saturated heterocycles. The number of cyclic esters (lactones) is 1. The summed E-state index contributed by atoms with van der Waals surface area (Å²) in [6.07, 6.45) is -1.64. The molecule has 2 rings (SSSR count). The molecule has 80 valence electrons. The van der Waals surface area contributed by atoms with Gasteiger partial charge in [-0.05, 0) is 13.0 Å². The summed E-state index contributed by atoms with van der Waals surface area (Å²) in [5, 5.41) is 28.4. The minimum Gasteiger partial charge on any atom is -0.504 e. The number of aromatic hydroxyl groups is 2. The zero-order valence-corrected chi connectivity index (χ0v) is 7.97. The number of phenolic OH excluding ortho intramolecular Hbond substituents is 2. The third kappa shape index (κ3) is 1.32. The Morgan fingerprint density at radius 2 is 2.00 bits per heavy atom. The van der Waals surface area contributed by atoms with Gasteiger partial charge in [0.15, 0.2) is 11.5 Å². The van der Waals surface area contributed by atoms with Crippen LogP contribution in [0.5, 0.6) is 11.5 Å². The van der Waals surface area contributed by atoms with Crippen molar-refractivity contribution in [3.63, 3.8) is 0 Å². The van der Waals surface area contributed by atoms with Crippen LogP contribution >= 0.6 is 0 Å². The van der Waals surface area contributed by atoms with Crippen molar-refractivity contribution in [1.29, 1.82) is 0 Å². The van der Waals surface area contributed by atoms with Crippen molar-refractivity contribution in [2.75, 3.05) is 0 Å². The van der Waals surface area contributed by atoms with Crippen molar-refractivity contribution in [2.24, 2.45) is 0 Å². The van der Waals surface area contributed by atoms with Crippen molar-refractivity contribution in [3.05, 3.63) is 23.3 Å². The Hall–Kier alpha value is -1.75. The van der Waals surface area contributed by atoms with Gasteiger partial charge in [0.05, 0.1) is 0 Å². The monoisotopic (exact) mass is 210 g/mol. The van der Waals surface area contributed by atoms with E-state index in [0.717, 1.165) is 0 Å². The van der Waals surface area contributed by atoms with E-state index in [9.17, 15) is 20.1 Å². The van der Waals surface area contributed by atoms with Gasteiger partial charge < -0.3 is 20.1 Å². The molecule has 15 heavy (non-hydrogen) atoms. The van der Waals surface area contributed by atoms with Crippen LogP contribution in [0.1, 0.15) is 28.9 Å². The predicted molar refractivity (Wildman–Crippen MR) is 49.6 cm³/mol. The second kappa shape index (κ2) is 3.13. The fourth-order valence-electron chi connectivity index (χ4n) is 1.60. The number of ether oxygens (including phenoxy) is 1. The molecule has 0 aliphatic carbocycles. The van der Waals surface area contributed by atoms with Gasteiger partial charge >= 0.3 is 5.97 Å². The van der Waals surface area contributed by atoms with Crippen molar-refractivity contribution in [2.45, 2.75) is 19.1 Å². The molecule has 0 fully saturated rings. The van der Waals surface area contributed by atoms with Crippen molar-refractivity contribution >= 4 is 5.97 Å². The molecule has 1 aliphatic heterocycles. The largest absolute Gasteiger partial charge is 0.504 e. The Bertz CT molecular complexity index is 426. The maximum absolute atomic E-state index is 11.4. The zero-order valence-electron chi connectivity index (χ0n) is 7.97. The van der Waals surface area contributed by atoms with E-state index in [2.05, 4.69) is 0 Å². The Balaban J connectivity index is 2.66. The van der Waals surface area contributed by atoms with E-state index in [0.29, 0.717) is 0 Å². The summed E-state index contributed by atoms with van der Waals surface area (Å²) < 4.78 is 4.80. The quantitative estimate of drug-likeness (QED) is 0.433. The maximum atomic E-state index is 11.4. The Kier molecular flexibility index (Phi) is 2.04. The molecule has 2 atom stereocenters. The Morgan fingerprint density at radius 1 is 1.33 bits per heavy atom. The standard InChI is InChI=1S/C10H10O5/c1-4-8(12)5-2-3-6(11)9(13)7(5)10(14)15-4/h2-4,8,11-13H,1H3/t4-,8-/m0/s1. The molecule has 0 amide bonds. The van der Waals surface area contributed by atoms with Gasteiger partial charge in [-0.1, -0.05) is 6.07 Å². The van der Waals surface area contributed by atoms with Gasteiger partial charge in [0, 0.05) is 5.56 Å².